The monoisotopic (exact) mass is 427 g/mol. The van der Waals surface area contributed by atoms with Crippen LogP contribution in [0, 0.1) is 0 Å². The summed E-state index contributed by atoms with van der Waals surface area (Å²) in [7, 11) is 3.35. The number of likely N-dealkylation sites (tertiary alicyclic amines) is 1. The fourth-order valence-corrected chi connectivity index (χ4v) is 3.20. The summed E-state index contributed by atoms with van der Waals surface area (Å²) in [5, 5.41) is 9.68. The van der Waals surface area contributed by atoms with Crippen molar-refractivity contribution in [2.24, 2.45) is 0 Å². The molecule has 0 aliphatic carbocycles. The number of carbonyl (C=O) groups is 2. The van der Waals surface area contributed by atoms with E-state index in [1.54, 1.807) is 42.1 Å². The van der Waals surface area contributed by atoms with Gasteiger partial charge in [-0.15, -0.1) is 0 Å². The fourth-order valence-electron chi connectivity index (χ4n) is 2.82. The first-order valence-electron chi connectivity index (χ1n) is 8.74. The third-order valence-electron chi connectivity index (χ3n) is 4.24. The Morgan fingerprint density at radius 3 is 2.58 bits per heavy atom. The number of hydrogen-bond acceptors (Lipinski definition) is 4. The molecule has 1 aliphatic rings. The van der Waals surface area contributed by atoms with E-state index in [0.717, 1.165) is 42.4 Å². The van der Waals surface area contributed by atoms with E-state index >= 15 is 0 Å². The standard InChI is InChI=1S/C18H26BrN3O4/c1-20(2)17(24)22(13-14-12-15(23)6-7-16(14)19)10-11-26-18(25)21-8-4-3-5-9-21/h6-7,12,23H,3-5,8-11,13H2,1-2H3. The quantitative estimate of drug-likeness (QED) is 0.782. The number of nitrogens with zero attached hydrogens (tertiary/aromatic N) is 3. The predicted molar refractivity (Wildman–Crippen MR) is 102 cm³/mol. The van der Waals surface area contributed by atoms with Crippen molar-refractivity contribution in [3.8, 4) is 5.75 Å². The Bertz CT molecular complexity index is 633. The van der Waals surface area contributed by atoms with Crippen molar-refractivity contribution in [3.05, 3.63) is 28.2 Å². The van der Waals surface area contributed by atoms with Gasteiger partial charge in [-0.25, -0.2) is 9.59 Å². The van der Waals surface area contributed by atoms with Crippen molar-refractivity contribution in [2.75, 3.05) is 40.3 Å². The third kappa shape index (κ3) is 5.79. The Morgan fingerprint density at radius 1 is 1.23 bits per heavy atom. The molecule has 1 saturated heterocycles. The topological polar surface area (TPSA) is 73.3 Å². The average molecular weight is 428 g/mol. The average Bonchev–Trinajstić information content (AvgIpc) is 2.63. The summed E-state index contributed by atoms with van der Waals surface area (Å²) in [6.07, 6.45) is 2.84. The number of hydrogen-bond donors (Lipinski definition) is 1. The number of ether oxygens (including phenoxy) is 1. The lowest BCUT2D eigenvalue weighted by Gasteiger charge is -2.28. The van der Waals surface area contributed by atoms with Crippen molar-refractivity contribution in [2.45, 2.75) is 25.8 Å². The molecule has 1 fully saturated rings. The predicted octanol–water partition coefficient (Wildman–Crippen LogP) is 3.26. The van der Waals surface area contributed by atoms with Gasteiger partial charge in [-0.2, -0.15) is 0 Å². The van der Waals surface area contributed by atoms with Gasteiger partial charge >= 0.3 is 12.1 Å². The zero-order chi connectivity index (χ0) is 19.1. The largest absolute Gasteiger partial charge is 0.508 e. The maximum absolute atomic E-state index is 12.4. The van der Waals surface area contributed by atoms with Crippen LogP contribution in [-0.4, -0.2) is 72.3 Å². The minimum Gasteiger partial charge on any atom is -0.508 e. The molecule has 7 nitrogen and oxygen atoms in total. The lowest BCUT2D eigenvalue weighted by atomic mass is 10.1. The molecule has 1 aromatic rings. The van der Waals surface area contributed by atoms with E-state index in [1.165, 1.54) is 4.90 Å². The van der Waals surface area contributed by atoms with Crippen LogP contribution in [0.5, 0.6) is 5.75 Å². The summed E-state index contributed by atoms with van der Waals surface area (Å²) < 4.78 is 6.15. The Hall–Kier alpha value is -1.96. The van der Waals surface area contributed by atoms with Crippen LogP contribution in [0.2, 0.25) is 0 Å². The number of piperidine rings is 1. The van der Waals surface area contributed by atoms with Crippen molar-refractivity contribution < 1.29 is 19.4 Å². The summed E-state index contributed by atoms with van der Waals surface area (Å²) in [6.45, 7) is 2.17. The number of phenols is 1. The highest BCUT2D eigenvalue weighted by molar-refractivity contribution is 9.10. The second kappa shape index (κ2) is 9.66. The molecule has 1 N–H and O–H groups in total. The first-order valence-corrected chi connectivity index (χ1v) is 9.53. The summed E-state index contributed by atoms with van der Waals surface area (Å²) in [6, 6.07) is 4.74. The summed E-state index contributed by atoms with van der Waals surface area (Å²) in [5.41, 5.74) is 0.780. The SMILES string of the molecule is CN(C)C(=O)N(CCOC(=O)N1CCCCC1)Cc1cc(O)ccc1Br. The van der Waals surface area contributed by atoms with E-state index in [-0.39, 0.29) is 31.0 Å². The molecule has 0 aromatic heterocycles. The van der Waals surface area contributed by atoms with Gasteiger partial charge in [-0.1, -0.05) is 15.9 Å². The number of benzene rings is 1. The second-order valence-electron chi connectivity index (χ2n) is 6.54. The molecular formula is C18H26BrN3O4. The normalized spacial score (nSPS) is 14.0. The molecule has 0 spiro atoms. The minimum atomic E-state index is -0.319. The second-order valence-corrected chi connectivity index (χ2v) is 7.39. The van der Waals surface area contributed by atoms with E-state index in [0.29, 0.717) is 6.54 Å². The van der Waals surface area contributed by atoms with Gasteiger partial charge in [0, 0.05) is 38.2 Å². The van der Waals surface area contributed by atoms with Crippen molar-refractivity contribution in [3.63, 3.8) is 0 Å². The van der Waals surface area contributed by atoms with E-state index in [9.17, 15) is 14.7 Å². The van der Waals surface area contributed by atoms with Crippen molar-refractivity contribution >= 4 is 28.1 Å². The maximum Gasteiger partial charge on any atom is 0.409 e. The number of aromatic hydroxyl groups is 1. The molecule has 144 valence electrons. The van der Waals surface area contributed by atoms with Gasteiger partial charge in [0.05, 0.1) is 6.54 Å². The molecule has 26 heavy (non-hydrogen) atoms. The maximum atomic E-state index is 12.4. The number of amides is 3. The van der Waals surface area contributed by atoms with Gasteiger partial charge in [0.15, 0.2) is 0 Å². The van der Waals surface area contributed by atoms with Crippen molar-refractivity contribution in [1.29, 1.82) is 0 Å². The van der Waals surface area contributed by atoms with Crippen LogP contribution in [-0.2, 0) is 11.3 Å². The number of carbonyl (C=O) groups excluding carboxylic acids is 2. The Balaban J connectivity index is 1.95. The van der Waals surface area contributed by atoms with Crippen LogP contribution in [0.3, 0.4) is 0 Å². The molecule has 0 bridgehead atoms. The number of rotatable bonds is 5. The van der Waals surface area contributed by atoms with Crippen LogP contribution in [0.15, 0.2) is 22.7 Å². The Labute approximate surface area is 162 Å². The third-order valence-corrected chi connectivity index (χ3v) is 5.02. The lowest BCUT2D eigenvalue weighted by Crippen LogP contribution is -2.42. The van der Waals surface area contributed by atoms with Crippen LogP contribution < -0.4 is 0 Å². The van der Waals surface area contributed by atoms with Crippen LogP contribution in [0.25, 0.3) is 0 Å². The number of halogens is 1. The molecule has 0 atom stereocenters. The van der Waals surface area contributed by atoms with E-state index in [2.05, 4.69) is 15.9 Å². The first kappa shape index (κ1) is 20.4. The molecule has 1 aliphatic heterocycles. The molecular weight excluding hydrogens is 402 g/mol. The molecule has 2 rings (SSSR count). The minimum absolute atomic E-state index is 0.130. The zero-order valence-electron chi connectivity index (χ0n) is 15.3. The molecule has 3 amide bonds. The van der Waals surface area contributed by atoms with E-state index in [4.69, 9.17) is 4.74 Å². The van der Waals surface area contributed by atoms with Gasteiger partial charge < -0.3 is 24.5 Å². The highest BCUT2D eigenvalue weighted by Gasteiger charge is 2.20. The summed E-state index contributed by atoms with van der Waals surface area (Å²) in [4.78, 5) is 29.3. The lowest BCUT2D eigenvalue weighted by molar-refractivity contribution is 0.0840. The number of urea groups is 1. The van der Waals surface area contributed by atoms with E-state index < -0.39 is 0 Å². The van der Waals surface area contributed by atoms with Gasteiger partial charge in [-0.3, -0.25) is 0 Å². The fraction of sp³-hybridized carbons (Fsp3) is 0.556. The van der Waals surface area contributed by atoms with Gasteiger partial charge in [0.25, 0.3) is 0 Å². The van der Waals surface area contributed by atoms with Crippen LogP contribution >= 0.6 is 15.9 Å². The number of phenolic OH excluding ortho intramolecular Hbond substituents is 1. The molecule has 0 unspecified atom stereocenters. The highest BCUT2D eigenvalue weighted by Crippen LogP contribution is 2.23. The molecule has 1 aromatic carbocycles. The molecule has 0 radical (unpaired) electrons. The summed E-state index contributed by atoms with van der Waals surface area (Å²) >= 11 is 3.43. The van der Waals surface area contributed by atoms with E-state index in [1.807, 2.05) is 0 Å². The molecule has 8 heteroatoms. The Morgan fingerprint density at radius 2 is 1.92 bits per heavy atom. The van der Waals surface area contributed by atoms with Crippen LogP contribution in [0.1, 0.15) is 24.8 Å². The summed E-state index contributed by atoms with van der Waals surface area (Å²) in [5.74, 6) is 0.136. The smallest absolute Gasteiger partial charge is 0.409 e. The Kier molecular flexibility index (Phi) is 7.56. The molecule has 0 saturated carbocycles. The molecule has 1 heterocycles. The van der Waals surface area contributed by atoms with Crippen molar-refractivity contribution in [1.82, 2.24) is 14.7 Å². The van der Waals surface area contributed by atoms with Gasteiger partial charge in [0.2, 0.25) is 0 Å². The van der Waals surface area contributed by atoms with Gasteiger partial charge in [0.1, 0.15) is 12.4 Å². The first-order chi connectivity index (χ1) is 12.4. The zero-order valence-corrected chi connectivity index (χ0v) is 16.9. The van der Waals surface area contributed by atoms with Gasteiger partial charge in [-0.05, 0) is 43.0 Å². The highest BCUT2D eigenvalue weighted by atomic mass is 79.9. The van der Waals surface area contributed by atoms with Crippen LogP contribution in [0.4, 0.5) is 9.59 Å².